The molecule has 1 aliphatic carbocycles. The lowest BCUT2D eigenvalue weighted by molar-refractivity contribution is -0.149. The Morgan fingerprint density at radius 3 is 2.75 bits per heavy atom. The fraction of sp³-hybridized carbons (Fsp3) is 0.923. The molecule has 1 saturated heterocycles. The van der Waals surface area contributed by atoms with Crippen LogP contribution >= 0.6 is 0 Å². The van der Waals surface area contributed by atoms with Gasteiger partial charge in [-0.15, -0.1) is 0 Å². The molecule has 3 atom stereocenters. The first-order valence-corrected chi connectivity index (χ1v) is 6.54. The lowest BCUT2D eigenvalue weighted by Gasteiger charge is -2.18. The minimum Gasteiger partial charge on any atom is -0.464 e. The minimum absolute atomic E-state index is 0.141. The molecule has 0 aromatic carbocycles. The van der Waals surface area contributed by atoms with E-state index in [2.05, 4.69) is 6.92 Å². The highest BCUT2D eigenvalue weighted by molar-refractivity contribution is 5.85. The standard InChI is InChI=1S/C13H22O3/c1-4-10-8-7-9-13(10)12(5-2,16-13)11(14)15-6-3/h10H,4-9H2,1-3H3. The lowest BCUT2D eigenvalue weighted by atomic mass is 9.81. The molecule has 3 unspecified atom stereocenters. The van der Waals surface area contributed by atoms with E-state index in [1.165, 1.54) is 12.8 Å². The van der Waals surface area contributed by atoms with Crippen LogP contribution in [0.2, 0.25) is 0 Å². The second-order valence-electron chi connectivity index (χ2n) is 4.89. The Labute approximate surface area is 97.5 Å². The Kier molecular flexibility index (Phi) is 2.99. The second-order valence-corrected chi connectivity index (χ2v) is 4.89. The van der Waals surface area contributed by atoms with Gasteiger partial charge in [-0.1, -0.05) is 26.7 Å². The Bertz CT molecular complexity index is 289. The predicted molar refractivity (Wildman–Crippen MR) is 61.1 cm³/mol. The molecule has 0 aromatic rings. The summed E-state index contributed by atoms with van der Waals surface area (Å²) >= 11 is 0. The summed E-state index contributed by atoms with van der Waals surface area (Å²) in [4.78, 5) is 12.0. The Morgan fingerprint density at radius 1 is 1.44 bits per heavy atom. The van der Waals surface area contributed by atoms with Crippen molar-refractivity contribution in [3.8, 4) is 0 Å². The van der Waals surface area contributed by atoms with Gasteiger partial charge in [-0.2, -0.15) is 0 Å². The molecule has 2 aliphatic rings. The third-order valence-corrected chi connectivity index (χ3v) is 4.35. The summed E-state index contributed by atoms with van der Waals surface area (Å²) in [5.74, 6) is 0.398. The number of epoxide rings is 1. The molecular weight excluding hydrogens is 204 g/mol. The molecular formula is C13H22O3. The number of rotatable bonds is 4. The van der Waals surface area contributed by atoms with Crippen molar-refractivity contribution in [1.29, 1.82) is 0 Å². The van der Waals surface area contributed by atoms with Gasteiger partial charge in [0.25, 0.3) is 0 Å². The van der Waals surface area contributed by atoms with E-state index in [0.29, 0.717) is 12.5 Å². The molecule has 0 bridgehead atoms. The van der Waals surface area contributed by atoms with E-state index >= 15 is 0 Å². The molecule has 0 amide bonds. The highest BCUT2D eigenvalue weighted by atomic mass is 16.7. The fourth-order valence-corrected chi connectivity index (χ4v) is 3.51. The van der Waals surface area contributed by atoms with Crippen molar-refractivity contribution in [2.75, 3.05) is 6.61 Å². The van der Waals surface area contributed by atoms with Crippen molar-refractivity contribution in [3.63, 3.8) is 0 Å². The SMILES string of the molecule is CCOC(=O)C1(CC)OC12CCCC2CC. The van der Waals surface area contributed by atoms with Crippen LogP contribution in [0, 0.1) is 5.92 Å². The van der Waals surface area contributed by atoms with Gasteiger partial charge >= 0.3 is 5.97 Å². The summed E-state index contributed by atoms with van der Waals surface area (Å²) in [5, 5.41) is 0. The first-order valence-electron chi connectivity index (χ1n) is 6.54. The highest BCUT2D eigenvalue weighted by Gasteiger charge is 2.77. The second kappa shape index (κ2) is 4.02. The Morgan fingerprint density at radius 2 is 2.19 bits per heavy atom. The summed E-state index contributed by atoms with van der Waals surface area (Å²) in [6.07, 6.45) is 5.24. The predicted octanol–water partition coefficient (Wildman–Crippen LogP) is 2.68. The van der Waals surface area contributed by atoms with Gasteiger partial charge in [-0.25, -0.2) is 4.79 Å². The number of hydrogen-bond acceptors (Lipinski definition) is 3. The van der Waals surface area contributed by atoms with Crippen LogP contribution in [0.1, 0.15) is 52.9 Å². The van der Waals surface area contributed by atoms with Crippen molar-refractivity contribution in [2.45, 2.75) is 64.1 Å². The molecule has 2 rings (SSSR count). The lowest BCUT2D eigenvalue weighted by Crippen LogP contribution is -2.37. The quantitative estimate of drug-likeness (QED) is 0.546. The van der Waals surface area contributed by atoms with Crippen LogP contribution in [0.4, 0.5) is 0 Å². The minimum atomic E-state index is -0.611. The van der Waals surface area contributed by atoms with E-state index in [0.717, 1.165) is 19.3 Å². The third kappa shape index (κ3) is 1.33. The first kappa shape index (κ1) is 11.9. The number of esters is 1. The zero-order valence-electron chi connectivity index (χ0n) is 10.5. The smallest absolute Gasteiger partial charge is 0.341 e. The van der Waals surface area contributed by atoms with Crippen molar-refractivity contribution < 1.29 is 14.3 Å². The zero-order valence-corrected chi connectivity index (χ0v) is 10.5. The first-order chi connectivity index (χ1) is 7.66. The van der Waals surface area contributed by atoms with E-state index in [-0.39, 0.29) is 11.6 Å². The van der Waals surface area contributed by atoms with Gasteiger partial charge in [0, 0.05) is 0 Å². The van der Waals surface area contributed by atoms with Gasteiger partial charge in [0.1, 0.15) is 5.60 Å². The zero-order chi connectivity index (χ0) is 11.8. The average molecular weight is 226 g/mol. The molecule has 0 N–H and O–H groups in total. The molecule has 1 spiro atoms. The van der Waals surface area contributed by atoms with Gasteiger partial charge < -0.3 is 9.47 Å². The van der Waals surface area contributed by atoms with Crippen LogP contribution in [0.25, 0.3) is 0 Å². The molecule has 1 saturated carbocycles. The molecule has 92 valence electrons. The third-order valence-electron chi connectivity index (χ3n) is 4.35. The average Bonchev–Trinajstić information content (AvgIpc) is 2.76. The molecule has 2 fully saturated rings. The van der Waals surface area contributed by atoms with E-state index in [1.807, 2.05) is 13.8 Å². The van der Waals surface area contributed by atoms with Crippen molar-refractivity contribution in [3.05, 3.63) is 0 Å². The summed E-state index contributed by atoms with van der Waals surface area (Å²) in [6, 6.07) is 0. The van der Waals surface area contributed by atoms with Crippen molar-refractivity contribution in [2.24, 2.45) is 5.92 Å². The number of ether oxygens (including phenoxy) is 2. The van der Waals surface area contributed by atoms with Crippen LogP contribution in [0.15, 0.2) is 0 Å². The van der Waals surface area contributed by atoms with Gasteiger partial charge in [-0.05, 0) is 32.1 Å². The maximum atomic E-state index is 12.0. The van der Waals surface area contributed by atoms with Crippen LogP contribution in [-0.2, 0) is 14.3 Å². The highest BCUT2D eigenvalue weighted by Crippen LogP contribution is 2.63. The summed E-state index contributed by atoms with van der Waals surface area (Å²) in [5.41, 5.74) is -0.789. The van der Waals surface area contributed by atoms with Gasteiger partial charge in [0.15, 0.2) is 5.60 Å². The molecule has 16 heavy (non-hydrogen) atoms. The largest absolute Gasteiger partial charge is 0.464 e. The normalized spacial score (nSPS) is 41.3. The Balaban J connectivity index is 2.18. The fourth-order valence-electron chi connectivity index (χ4n) is 3.51. The van der Waals surface area contributed by atoms with E-state index in [9.17, 15) is 4.79 Å². The topological polar surface area (TPSA) is 38.8 Å². The maximum Gasteiger partial charge on any atom is 0.341 e. The van der Waals surface area contributed by atoms with Crippen LogP contribution in [0.3, 0.4) is 0 Å². The van der Waals surface area contributed by atoms with E-state index in [4.69, 9.17) is 9.47 Å². The number of carbonyl (C=O) groups excluding carboxylic acids is 1. The number of hydrogen-bond donors (Lipinski definition) is 0. The van der Waals surface area contributed by atoms with E-state index in [1.54, 1.807) is 0 Å². The Hall–Kier alpha value is -0.570. The summed E-state index contributed by atoms with van der Waals surface area (Å²) in [6.45, 7) is 6.50. The van der Waals surface area contributed by atoms with E-state index < -0.39 is 5.60 Å². The molecule has 1 heterocycles. The van der Waals surface area contributed by atoms with Crippen LogP contribution in [-0.4, -0.2) is 23.8 Å². The van der Waals surface area contributed by atoms with Gasteiger partial charge in [0.2, 0.25) is 0 Å². The van der Waals surface area contributed by atoms with Crippen LogP contribution < -0.4 is 0 Å². The van der Waals surface area contributed by atoms with Crippen molar-refractivity contribution >= 4 is 5.97 Å². The van der Waals surface area contributed by atoms with Gasteiger partial charge in [-0.3, -0.25) is 0 Å². The molecule has 3 heteroatoms. The molecule has 3 nitrogen and oxygen atoms in total. The summed E-state index contributed by atoms with van der Waals surface area (Å²) in [7, 11) is 0. The summed E-state index contributed by atoms with van der Waals surface area (Å²) < 4.78 is 11.1. The molecule has 1 aliphatic heterocycles. The molecule has 0 radical (unpaired) electrons. The van der Waals surface area contributed by atoms with Crippen LogP contribution in [0.5, 0.6) is 0 Å². The number of carbonyl (C=O) groups is 1. The van der Waals surface area contributed by atoms with Gasteiger partial charge in [0.05, 0.1) is 6.61 Å². The monoisotopic (exact) mass is 226 g/mol. The van der Waals surface area contributed by atoms with Crippen molar-refractivity contribution in [1.82, 2.24) is 0 Å². The molecule has 0 aromatic heterocycles. The maximum absolute atomic E-state index is 12.0.